The molecule has 0 saturated carbocycles. The highest BCUT2D eigenvalue weighted by molar-refractivity contribution is 6.07. The van der Waals surface area contributed by atoms with E-state index in [1.165, 1.54) is 6.33 Å². The first-order valence-electron chi connectivity index (χ1n) is 5.78. The number of rotatable bonds is 4. The molecule has 1 N–H and O–H groups in total. The summed E-state index contributed by atoms with van der Waals surface area (Å²) in [4.78, 5) is 28.5. The molecule has 2 heterocycles. The topological polar surface area (TPSA) is 107 Å². The van der Waals surface area contributed by atoms with E-state index in [9.17, 15) is 14.9 Å². The number of ketones is 1. The monoisotopic (exact) mass is 271 g/mol. The van der Waals surface area contributed by atoms with E-state index in [1.807, 2.05) is 24.3 Å². The summed E-state index contributed by atoms with van der Waals surface area (Å²) in [7, 11) is 0. The third-order valence-corrected chi connectivity index (χ3v) is 2.88. The zero-order chi connectivity index (χ0) is 14.1. The molecule has 0 saturated heterocycles. The summed E-state index contributed by atoms with van der Waals surface area (Å²) in [6.07, 6.45) is 2.79. The van der Waals surface area contributed by atoms with Gasteiger partial charge in [-0.05, 0) is 11.0 Å². The maximum atomic E-state index is 12.2. The van der Waals surface area contributed by atoms with Crippen LogP contribution in [0.4, 0.5) is 5.95 Å². The number of Topliss-reactive ketones (excluding diaryl/α,β-unsaturated/α-hetero) is 1. The zero-order valence-electron chi connectivity index (χ0n) is 10.2. The molecule has 0 bridgehead atoms. The van der Waals surface area contributed by atoms with E-state index in [4.69, 9.17) is 0 Å². The summed E-state index contributed by atoms with van der Waals surface area (Å²) in [5.41, 5.74) is 1.39. The van der Waals surface area contributed by atoms with Gasteiger partial charge in [0.2, 0.25) is 6.33 Å². The van der Waals surface area contributed by atoms with Crippen LogP contribution in [0.2, 0.25) is 0 Å². The van der Waals surface area contributed by atoms with Crippen molar-refractivity contribution in [3.63, 3.8) is 0 Å². The number of para-hydroxylation sites is 1. The van der Waals surface area contributed by atoms with Crippen LogP contribution in [0.25, 0.3) is 10.9 Å². The first kappa shape index (κ1) is 12.0. The lowest BCUT2D eigenvalue weighted by atomic mass is 10.1. The molecule has 3 aromatic rings. The molecular weight excluding hydrogens is 262 g/mol. The number of carbonyl (C=O) groups is 1. The van der Waals surface area contributed by atoms with E-state index in [2.05, 4.69) is 15.1 Å². The molecule has 1 aromatic carbocycles. The lowest BCUT2D eigenvalue weighted by molar-refractivity contribution is -0.394. The van der Waals surface area contributed by atoms with Crippen LogP contribution >= 0.6 is 0 Å². The molecule has 0 spiro atoms. The van der Waals surface area contributed by atoms with Crippen LogP contribution in [-0.4, -0.2) is 30.5 Å². The number of benzene rings is 1. The lowest BCUT2D eigenvalue weighted by Crippen LogP contribution is -2.10. The van der Waals surface area contributed by atoms with Gasteiger partial charge in [-0.3, -0.25) is 4.79 Å². The van der Waals surface area contributed by atoms with Crippen molar-refractivity contribution < 1.29 is 9.72 Å². The van der Waals surface area contributed by atoms with Gasteiger partial charge in [0.1, 0.15) is 6.54 Å². The van der Waals surface area contributed by atoms with E-state index in [-0.39, 0.29) is 12.3 Å². The molecule has 0 aliphatic heterocycles. The van der Waals surface area contributed by atoms with Crippen LogP contribution in [0.3, 0.4) is 0 Å². The fourth-order valence-corrected chi connectivity index (χ4v) is 1.98. The van der Waals surface area contributed by atoms with Gasteiger partial charge >= 0.3 is 5.95 Å². The molecule has 8 nitrogen and oxygen atoms in total. The smallest absolute Gasteiger partial charge is 0.390 e. The van der Waals surface area contributed by atoms with E-state index in [1.54, 1.807) is 6.20 Å². The fourth-order valence-electron chi connectivity index (χ4n) is 1.98. The van der Waals surface area contributed by atoms with Gasteiger partial charge < -0.3 is 15.1 Å². The SMILES string of the molecule is O=C(Cn1cnc([N+](=O)[O-])n1)c1c[nH]c2ccccc12. The highest BCUT2D eigenvalue weighted by Gasteiger charge is 2.17. The average molecular weight is 271 g/mol. The van der Waals surface area contributed by atoms with Gasteiger partial charge in [-0.2, -0.15) is 4.68 Å². The third-order valence-electron chi connectivity index (χ3n) is 2.88. The van der Waals surface area contributed by atoms with Crippen molar-refractivity contribution in [1.29, 1.82) is 0 Å². The summed E-state index contributed by atoms with van der Waals surface area (Å²) < 4.78 is 1.16. The van der Waals surface area contributed by atoms with Gasteiger partial charge in [-0.15, -0.1) is 0 Å². The molecule has 20 heavy (non-hydrogen) atoms. The van der Waals surface area contributed by atoms with Crippen LogP contribution in [-0.2, 0) is 6.54 Å². The number of carbonyl (C=O) groups excluding carboxylic acids is 1. The predicted octanol–water partition coefficient (Wildman–Crippen LogP) is 1.55. The van der Waals surface area contributed by atoms with Crippen molar-refractivity contribution in [2.45, 2.75) is 6.54 Å². The van der Waals surface area contributed by atoms with Crippen molar-refractivity contribution in [2.24, 2.45) is 0 Å². The second-order valence-corrected chi connectivity index (χ2v) is 4.17. The van der Waals surface area contributed by atoms with Crippen LogP contribution in [0.15, 0.2) is 36.8 Å². The van der Waals surface area contributed by atoms with Crippen molar-refractivity contribution in [2.75, 3.05) is 0 Å². The second-order valence-electron chi connectivity index (χ2n) is 4.17. The molecule has 0 atom stereocenters. The number of hydrogen-bond acceptors (Lipinski definition) is 5. The molecule has 3 rings (SSSR count). The van der Waals surface area contributed by atoms with E-state index in [0.29, 0.717) is 5.56 Å². The first-order chi connectivity index (χ1) is 9.65. The van der Waals surface area contributed by atoms with Gasteiger partial charge in [-0.25, -0.2) is 0 Å². The number of hydrogen-bond donors (Lipinski definition) is 1. The Balaban J connectivity index is 1.87. The minimum absolute atomic E-state index is 0.0946. The number of nitrogens with one attached hydrogen (secondary N) is 1. The summed E-state index contributed by atoms with van der Waals surface area (Å²) in [6.45, 7) is -0.0946. The predicted molar refractivity (Wildman–Crippen MR) is 69.3 cm³/mol. The number of nitro groups is 1. The molecule has 0 aliphatic rings. The van der Waals surface area contributed by atoms with Gasteiger partial charge in [0, 0.05) is 27.8 Å². The Morgan fingerprint density at radius 2 is 2.20 bits per heavy atom. The van der Waals surface area contributed by atoms with E-state index >= 15 is 0 Å². The number of H-pyrrole nitrogens is 1. The Hall–Kier alpha value is -3.03. The minimum atomic E-state index is -0.702. The molecule has 0 fully saturated rings. The van der Waals surface area contributed by atoms with E-state index < -0.39 is 10.9 Å². The quantitative estimate of drug-likeness (QED) is 0.440. The lowest BCUT2D eigenvalue weighted by Gasteiger charge is -1.96. The molecule has 0 radical (unpaired) electrons. The maximum absolute atomic E-state index is 12.2. The molecule has 0 aliphatic carbocycles. The van der Waals surface area contributed by atoms with Crippen molar-refractivity contribution >= 4 is 22.6 Å². The van der Waals surface area contributed by atoms with Crippen molar-refractivity contribution in [3.8, 4) is 0 Å². The molecule has 2 aromatic heterocycles. The molecule has 8 heteroatoms. The molecule has 100 valence electrons. The van der Waals surface area contributed by atoms with Gasteiger partial charge in [0.15, 0.2) is 5.78 Å². The number of aromatic amines is 1. The summed E-state index contributed by atoms with van der Waals surface area (Å²) >= 11 is 0. The van der Waals surface area contributed by atoms with Crippen molar-refractivity contribution in [1.82, 2.24) is 19.7 Å². The molecular formula is C12H9N5O3. The Labute approximate surface area is 112 Å². The van der Waals surface area contributed by atoms with Crippen LogP contribution in [0.1, 0.15) is 10.4 Å². The number of nitrogens with zero attached hydrogens (tertiary/aromatic N) is 4. The summed E-state index contributed by atoms with van der Waals surface area (Å²) in [5, 5.41) is 14.9. The highest BCUT2D eigenvalue weighted by Crippen LogP contribution is 2.18. The van der Waals surface area contributed by atoms with Gasteiger partial charge in [0.05, 0.1) is 0 Å². The Bertz CT molecular complexity index is 804. The van der Waals surface area contributed by atoms with Crippen LogP contribution < -0.4 is 0 Å². The van der Waals surface area contributed by atoms with Crippen LogP contribution in [0.5, 0.6) is 0 Å². The standard InChI is InChI=1S/C12H9N5O3/c18-11(6-16-7-14-12(15-16)17(19)20)9-5-13-10-4-2-1-3-8(9)10/h1-5,7,13H,6H2. The Morgan fingerprint density at radius 1 is 1.40 bits per heavy atom. The zero-order valence-corrected chi connectivity index (χ0v) is 10.2. The third kappa shape index (κ3) is 2.03. The normalized spacial score (nSPS) is 10.8. The average Bonchev–Trinajstić information content (AvgIpc) is 3.04. The first-order valence-corrected chi connectivity index (χ1v) is 5.78. The van der Waals surface area contributed by atoms with Crippen molar-refractivity contribution in [3.05, 3.63) is 52.5 Å². The second kappa shape index (κ2) is 4.57. The number of aromatic nitrogens is 4. The van der Waals surface area contributed by atoms with Gasteiger partial charge in [-0.1, -0.05) is 23.2 Å². The Kier molecular flexibility index (Phi) is 2.75. The minimum Gasteiger partial charge on any atom is -0.390 e. The highest BCUT2D eigenvalue weighted by atomic mass is 16.6. The van der Waals surface area contributed by atoms with Crippen LogP contribution in [0, 0.1) is 10.1 Å². The summed E-state index contributed by atoms with van der Waals surface area (Å²) in [6, 6.07) is 7.41. The molecule has 0 unspecified atom stereocenters. The molecule has 0 amide bonds. The van der Waals surface area contributed by atoms with Gasteiger partial charge in [0.25, 0.3) is 0 Å². The Morgan fingerprint density at radius 3 is 2.95 bits per heavy atom. The number of fused-ring (bicyclic) bond motifs is 1. The largest absolute Gasteiger partial charge is 0.490 e. The fraction of sp³-hybridized carbons (Fsp3) is 0.0833. The summed E-state index contributed by atoms with van der Waals surface area (Å²) in [5.74, 6) is -0.709. The van der Waals surface area contributed by atoms with E-state index in [0.717, 1.165) is 15.6 Å². The maximum Gasteiger partial charge on any atom is 0.490 e.